The summed E-state index contributed by atoms with van der Waals surface area (Å²) in [6.07, 6.45) is 10.5. The molecule has 0 nitrogen and oxygen atoms in total. The van der Waals surface area contributed by atoms with Crippen molar-refractivity contribution in [1.82, 2.24) is 0 Å². The minimum Gasteiger partial charge on any atom is -0.147 e. The number of benzene rings is 4. The molecule has 0 aliphatic heterocycles. The SMILES string of the molecule is CC1=Cc2c(-c3ccccc3)cc(C3CC3)cc2[CH]1[Zr]([CH3])([CH3])(=[SiH2])[CH]1C(C)=Cc2c(-c3ccccc3)cc(C3CC3)cc21.Cl.Cl. The third-order valence-corrected chi connectivity index (χ3v) is 28.8. The van der Waals surface area contributed by atoms with Crippen molar-refractivity contribution in [3.05, 3.63) is 129 Å². The second-order valence-corrected chi connectivity index (χ2v) is 45.5. The van der Waals surface area contributed by atoms with Crippen molar-refractivity contribution in [2.45, 2.75) is 67.9 Å². The molecule has 0 aromatic heterocycles. The van der Waals surface area contributed by atoms with Gasteiger partial charge >= 0.3 is 256 Å². The minimum absolute atomic E-state index is 0. The molecule has 4 heteroatoms. The maximum absolute atomic E-state index is 3.61. The summed E-state index contributed by atoms with van der Waals surface area (Å²) >= 11 is -3.61. The van der Waals surface area contributed by atoms with Gasteiger partial charge < -0.3 is 0 Å². The van der Waals surface area contributed by atoms with Crippen LogP contribution in [0.25, 0.3) is 34.4 Å². The summed E-state index contributed by atoms with van der Waals surface area (Å²) in [7, 11) is 0. The third-order valence-electron chi connectivity index (χ3n) is 10.9. The summed E-state index contributed by atoms with van der Waals surface area (Å²) < 4.78 is 6.72. The fraction of sp³-hybridized carbons (Fsp3) is 0.300. The van der Waals surface area contributed by atoms with E-state index in [2.05, 4.69) is 127 Å². The molecule has 2 fully saturated rings. The standard InChI is InChI=1S/2C19H17.2CH3.2ClH.H2Si.Zr/c2*1-13-9-17-11-16(14-7-8-14)12-19(18(17)10-13)15-5-3-2-4-6-15;;;;;;/h2*2-6,9-12,14H,7-8H2,1H3;2*1H3;2*1H;1H2;. The van der Waals surface area contributed by atoms with Crippen LogP contribution in [0.4, 0.5) is 0 Å². The molecule has 4 aliphatic rings. The van der Waals surface area contributed by atoms with Crippen LogP contribution in [0.1, 0.15) is 92.0 Å². The van der Waals surface area contributed by atoms with Crippen LogP contribution in [-0.4, -0.2) is 6.88 Å². The summed E-state index contributed by atoms with van der Waals surface area (Å²) in [6, 6.07) is 32.7. The van der Waals surface area contributed by atoms with Gasteiger partial charge in [0, 0.05) is 0 Å². The van der Waals surface area contributed by atoms with Gasteiger partial charge in [-0.05, 0) is 0 Å². The molecule has 0 N–H and O–H groups in total. The van der Waals surface area contributed by atoms with Crippen LogP contribution in [0.3, 0.4) is 0 Å². The normalized spacial score (nSPS) is 20.6. The first-order valence-corrected chi connectivity index (χ1v) is 29.8. The zero-order chi connectivity index (χ0) is 28.8. The average Bonchev–Trinajstić information content (AvgIpc) is 3.90. The zero-order valence-electron chi connectivity index (χ0n) is 26.4. The van der Waals surface area contributed by atoms with Crippen LogP contribution < -0.4 is 0 Å². The van der Waals surface area contributed by atoms with Crippen molar-refractivity contribution in [3.8, 4) is 22.3 Å². The minimum atomic E-state index is -3.61. The molecule has 0 saturated heterocycles. The largest absolute Gasteiger partial charge is 0.147 e. The molecule has 0 radical (unpaired) electrons. The van der Waals surface area contributed by atoms with E-state index in [9.17, 15) is 0 Å². The van der Waals surface area contributed by atoms with Crippen LogP contribution in [0.5, 0.6) is 0 Å². The first-order valence-electron chi connectivity index (χ1n) is 16.1. The van der Waals surface area contributed by atoms with Crippen LogP contribution >= 0.6 is 24.8 Å². The molecule has 2 saturated carbocycles. The summed E-state index contributed by atoms with van der Waals surface area (Å²) in [4.78, 5) is 0. The smallest absolute Gasteiger partial charge is 0.147 e. The number of halogens is 2. The van der Waals surface area contributed by atoms with Gasteiger partial charge in [0.2, 0.25) is 0 Å². The molecule has 4 aromatic carbocycles. The Balaban J connectivity index is 0.00000171. The van der Waals surface area contributed by atoms with Crippen molar-refractivity contribution in [1.29, 1.82) is 0 Å². The van der Waals surface area contributed by atoms with E-state index in [1.54, 1.807) is 33.4 Å². The molecule has 4 aromatic rings. The third kappa shape index (κ3) is 5.23. The summed E-state index contributed by atoms with van der Waals surface area (Å²) in [5.74, 6) is 1.49. The van der Waals surface area contributed by atoms with Crippen molar-refractivity contribution in [3.63, 3.8) is 0 Å². The Morgan fingerprint density at radius 1 is 0.568 bits per heavy atom. The van der Waals surface area contributed by atoms with Crippen molar-refractivity contribution >= 4 is 43.8 Å². The first-order chi connectivity index (χ1) is 20.2. The zero-order valence-corrected chi connectivity index (χ0v) is 31.9. The number of hydrogen-bond acceptors (Lipinski definition) is 0. The number of rotatable bonds is 6. The number of fused-ring (bicyclic) bond motifs is 2. The molecule has 226 valence electrons. The molecule has 0 spiro atoms. The summed E-state index contributed by atoms with van der Waals surface area (Å²) in [6.45, 7) is 7.39. The maximum atomic E-state index is 2.80. The molecule has 4 aliphatic carbocycles. The summed E-state index contributed by atoms with van der Waals surface area (Å²) in [5.41, 5.74) is 18.3. The fourth-order valence-electron chi connectivity index (χ4n) is 9.01. The fourth-order valence-corrected chi connectivity index (χ4v) is 30.2. The van der Waals surface area contributed by atoms with Crippen LogP contribution in [0, 0.1) is 0 Å². The molecule has 0 bridgehead atoms. The van der Waals surface area contributed by atoms with Gasteiger partial charge in [0.15, 0.2) is 0 Å². The van der Waals surface area contributed by atoms with E-state index in [4.69, 9.17) is 0 Å². The van der Waals surface area contributed by atoms with Gasteiger partial charge in [0.05, 0.1) is 0 Å². The molecular weight excluding hydrogens is 671 g/mol. The molecule has 0 heterocycles. The van der Waals surface area contributed by atoms with Crippen molar-refractivity contribution in [2.75, 3.05) is 0 Å². The molecule has 2 unspecified atom stereocenters. The maximum Gasteiger partial charge on any atom is -0.147 e. The Morgan fingerprint density at radius 2 is 0.932 bits per heavy atom. The molecule has 8 rings (SSSR count). The molecular formula is C40H44Cl2SiZr. The van der Waals surface area contributed by atoms with E-state index in [1.807, 2.05) is 0 Å². The van der Waals surface area contributed by atoms with Crippen LogP contribution in [0.15, 0.2) is 96.1 Å². The van der Waals surface area contributed by atoms with E-state index in [0.29, 0.717) is 7.25 Å². The molecule has 44 heavy (non-hydrogen) atoms. The predicted octanol–water partition coefficient (Wildman–Crippen LogP) is 11.6. The van der Waals surface area contributed by atoms with Gasteiger partial charge in [-0.2, -0.15) is 0 Å². The molecule has 0 amide bonds. The van der Waals surface area contributed by atoms with Crippen LogP contribution in [-0.2, 0) is 17.4 Å². The van der Waals surface area contributed by atoms with E-state index in [0.717, 1.165) is 11.8 Å². The second-order valence-electron chi connectivity index (χ2n) is 15.0. The Hall–Kier alpha value is -1.96. The van der Waals surface area contributed by atoms with E-state index in [-0.39, 0.29) is 24.8 Å². The number of hydrogen-bond donors (Lipinski definition) is 0. The second kappa shape index (κ2) is 11.4. The van der Waals surface area contributed by atoms with Gasteiger partial charge in [-0.1, -0.05) is 0 Å². The van der Waals surface area contributed by atoms with Gasteiger partial charge in [0.1, 0.15) is 0 Å². The predicted molar refractivity (Wildman–Crippen MR) is 195 cm³/mol. The Kier molecular flexibility index (Phi) is 8.28. The Labute approximate surface area is 278 Å². The average molecular weight is 715 g/mol. The van der Waals surface area contributed by atoms with Gasteiger partial charge in [-0.25, -0.2) is 0 Å². The molecule has 2 atom stereocenters. The Morgan fingerprint density at radius 3 is 1.27 bits per heavy atom. The van der Waals surface area contributed by atoms with E-state index >= 15 is 0 Å². The quantitative estimate of drug-likeness (QED) is 0.174. The van der Waals surface area contributed by atoms with E-state index < -0.39 is 17.4 Å². The van der Waals surface area contributed by atoms with Gasteiger partial charge in [0.25, 0.3) is 0 Å². The van der Waals surface area contributed by atoms with Gasteiger partial charge in [-0.15, -0.1) is 24.8 Å². The summed E-state index contributed by atoms with van der Waals surface area (Å²) in [5, 5.41) is 0. The van der Waals surface area contributed by atoms with Gasteiger partial charge in [-0.3, -0.25) is 0 Å². The van der Waals surface area contributed by atoms with Crippen LogP contribution in [0.2, 0.25) is 9.26 Å². The topological polar surface area (TPSA) is 0 Å². The van der Waals surface area contributed by atoms with Crippen molar-refractivity contribution in [2.24, 2.45) is 0 Å². The monoisotopic (exact) mass is 712 g/mol. The number of allylic oxidation sites excluding steroid dienone is 2. The first kappa shape index (κ1) is 32.0. The van der Waals surface area contributed by atoms with E-state index in [1.165, 1.54) is 59.1 Å². The Bertz CT molecular complexity index is 1760. The van der Waals surface area contributed by atoms with Crippen molar-refractivity contribution < 1.29 is 17.4 Å².